The Morgan fingerprint density at radius 2 is 1.83 bits per heavy atom. The fourth-order valence-corrected chi connectivity index (χ4v) is 3.76. The monoisotopic (exact) mass is 398 g/mol. The number of rotatable bonds is 6. The van der Waals surface area contributed by atoms with Crippen LogP contribution in [0.3, 0.4) is 0 Å². The Morgan fingerprint density at radius 3 is 2.48 bits per heavy atom. The van der Waals surface area contributed by atoms with Crippen LogP contribution in [0.2, 0.25) is 0 Å². The number of para-hydroxylation sites is 2. The number of anilines is 2. The first-order valence-electron chi connectivity index (χ1n) is 10.1. The predicted octanol–water partition coefficient (Wildman–Crippen LogP) is 3.57. The van der Waals surface area contributed by atoms with Gasteiger partial charge in [-0.3, -0.25) is 4.79 Å². The average Bonchev–Trinajstić information content (AvgIpc) is 2.99. The summed E-state index contributed by atoms with van der Waals surface area (Å²) in [4.78, 5) is 30.5. The van der Waals surface area contributed by atoms with Gasteiger partial charge < -0.3 is 25.3 Å². The van der Waals surface area contributed by atoms with Crippen LogP contribution in [0.4, 0.5) is 11.4 Å². The summed E-state index contributed by atoms with van der Waals surface area (Å²) in [5.41, 5.74) is 3.65. The maximum Gasteiger partial charge on any atom is 0.340 e. The molecule has 2 heterocycles. The standard InChI is InChI=1S/C22H30N4O3/c1-5-29-22(28)19-14(2)20(23-15(19)3)21(27)25-18-9-7-6-8-17(18)24-16-10-12-26(4)13-11-16/h6-9,16,23-24H,5,10-13H2,1-4H3,(H,25,27). The van der Waals surface area contributed by atoms with Crippen molar-refractivity contribution >= 4 is 23.3 Å². The molecular formula is C22H30N4O3. The second kappa shape index (κ2) is 9.13. The van der Waals surface area contributed by atoms with Crippen LogP contribution in [-0.4, -0.2) is 54.5 Å². The molecule has 0 spiro atoms. The molecular weight excluding hydrogens is 368 g/mol. The van der Waals surface area contributed by atoms with Crippen LogP contribution in [-0.2, 0) is 4.74 Å². The van der Waals surface area contributed by atoms with Crippen molar-refractivity contribution in [1.82, 2.24) is 9.88 Å². The summed E-state index contributed by atoms with van der Waals surface area (Å²) < 4.78 is 5.11. The molecule has 1 amide bonds. The molecule has 7 heteroatoms. The summed E-state index contributed by atoms with van der Waals surface area (Å²) in [6, 6.07) is 8.09. The number of carbonyl (C=O) groups is 2. The minimum Gasteiger partial charge on any atom is -0.462 e. The van der Waals surface area contributed by atoms with Gasteiger partial charge in [0.2, 0.25) is 0 Å². The van der Waals surface area contributed by atoms with E-state index in [-0.39, 0.29) is 5.91 Å². The number of aromatic amines is 1. The number of carbonyl (C=O) groups excluding carboxylic acids is 2. The maximum atomic E-state index is 12.9. The summed E-state index contributed by atoms with van der Waals surface area (Å²) >= 11 is 0. The van der Waals surface area contributed by atoms with Crippen molar-refractivity contribution in [2.24, 2.45) is 0 Å². The number of hydrogen-bond acceptors (Lipinski definition) is 5. The summed E-state index contributed by atoms with van der Waals surface area (Å²) in [6.07, 6.45) is 2.13. The van der Waals surface area contributed by atoms with Crippen LogP contribution in [0, 0.1) is 13.8 Å². The van der Waals surface area contributed by atoms with E-state index in [0.29, 0.717) is 35.2 Å². The molecule has 1 aromatic carbocycles. The van der Waals surface area contributed by atoms with E-state index in [4.69, 9.17) is 4.74 Å². The maximum absolute atomic E-state index is 12.9. The third kappa shape index (κ3) is 4.79. The molecule has 29 heavy (non-hydrogen) atoms. The lowest BCUT2D eigenvalue weighted by atomic mass is 10.0. The molecule has 0 atom stereocenters. The van der Waals surface area contributed by atoms with Crippen LogP contribution in [0.15, 0.2) is 24.3 Å². The number of likely N-dealkylation sites (tertiary alicyclic amines) is 1. The van der Waals surface area contributed by atoms with Crippen molar-refractivity contribution in [3.63, 3.8) is 0 Å². The summed E-state index contributed by atoms with van der Waals surface area (Å²) in [7, 11) is 2.13. The van der Waals surface area contributed by atoms with Crippen LogP contribution < -0.4 is 10.6 Å². The lowest BCUT2D eigenvalue weighted by Crippen LogP contribution is -2.36. The molecule has 7 nitrogen and oxygen atoms in total. The van der Waals surface area contributed by atoms with Crippen molar-refractivity contribution in [3.05, 3.63) is 46.8 Å². The van der Waals surface area contributed by atoms with E-state index >= 15 is 0 Å². The smallest absolute Gasteiger partial charge is 0.340 e. The highest BCUT2D eigenvalue weighted by atomic mass is 16.5. The number of aryl methyl sites for hydroxylation is 1. The number of hydrogen-bond donors (Lipinski definition) is 3. The molecule has 0 unspecified atom stereocenters. The van der Waals surface area contributed by atoms with Crippen molar-refractivity contribution in [2.45, 2.75) is 39.7 Å². The Morgan fingerprint density at radius 1 is 1.17 bits per heavy atom. The highest BCUT2D eigenvalue weighted by Gasteiger charge is 2.24. The molecule has 1 saturated heterocycles. The number of esters is 1. The highest BCUT2D eigenvalue weighted by molar-refractivity contribution is 6.08. The topological polar surface area (TPSA) is 86.5 Å². The zero-order valence-electron chi connectivity index (χ0n) is 17.6. The van der Waals surface area contributed by atoms with E-state index < -0.39 is 5.97 Å². The van der Waals surface area contributed by atoms with E-state index in [0.717, 1.165) is 37.3 Å². The quantitative estimate of drug-likeness (QED) is 0.648. The molecule has 0 saturated carbocycles. The lowest BCUT2D eigenvalue weighted by molar-refractivity contribution is 0.0525. The first kappa shape index (κ1) is 20.9. The van der Waals surface area contributed by atoms with Crippen molar-refractivity contribution in [2.75, 3.05) is 37.4 Å². The highest BCUT2D eigenvalue weighted by Crippen LogP contribution is 2.26. The van der Waals surface area contributed by atoms with Crippen LogP contribution in [0.5, 0.6) is 0 Å². The molecule has 2 aromatic rings. The van der Waals surface area contributed by atoms with E-state index in [9.17, 15) is 9.59 Å². The summed E-state index contributed by atoms with van der Waals surface area (Å²) in [5, 5.41) is 6.55. The fourth-order valence-electron chi connectivity index (χ4n) is 3.76. The number of aromatic nitrogens is 1. The molecule has 1 aromatic heterocycles. The number of nitrogens with one attached hydrogen (secondary N) is 3. The Hall–Kier alpha value is -2.80. The Bertz CT molecular complexity index is 882. The molecule has 3 rings (SSSR count). The summed E-state index contributed by atoms with van der Waals surface area (Å²) in [5.74, 6) is -0.694. The third-order valence-corrected chi connectivity index (χ3v) is 5.40. The van der Waals surface area contributed by atoms with Crippen molar-refractivity contribution < 1.29 is 14.3 Å². The molecule has 0 aliphatic carbocycles. The van der Waals surface area contributed by atoms with E-state index in [2.05, 4.69) is 27.6 Å². The van der Waals surface area contributed by atoms with Crippen LogP contribution in [0.25, 0.3) is 0 Å². The molecule has 156 valence electrons. The number of amides is 1. The number of ether oxygens (including phenoxy) is 1. The van der Waals surface area contributed by atoms with Gasteiger partial charge in [-0.05, 0) is 71.4 Å². The van der Waals surface area contributed by atoms with Gasteiger partial charge in [-0.2, -0.15) is 0 Å². The predicted molar refractivity (Wildman–Crippen MR) is 115 cm³/mol. The lowest BCUT2D eigenvalue weighted by Gasteiger charge is -2.30. The van der Waals surface area contributed by atoms with Crippen LogP contribution in [0.1, 0.15) is 51.9 Å². The van der Waals surface area contributed by atoms with Crippen molar-refractivity contribution in [1.29, 1.82) is 0 Å². The number of piperidine rings is 1. The molecule has 0 radical (unpaired) electrons. The second-order valence-corrected chi connectivity index (χ2v) is 7.57. The number of benzene rings is 1. The van der Waals surface area contributed by atoms with Crippen LogP contribution >= 0.6 is 0 Å². The van der Waals surface area contributed by atoms with Gasteiger partial charge in [0.1, 0.15) is 5.69 Å². The fraction of sp³-hybridized carbons (Fsp3) is 0.455. The first-order chi connectivity index (χ1) is 13.9. The van der Waals surface area contributed by atoms with Gasteiger partial charge in [0, 0.05) is 11.7 Å². The molecule has 0 bridgehead atoms. The minimum atomic E-state index is -0.415. The van der Waals surface area contributed by atoms with Gasteiger partial charge in [-0.25, -0.2) is 4.79 Å². The molecule has 1 aliphatic heterocycles. The number of nitrogens with zero attached hydrogens (tertiary/aromatic N) is 1. The van der Waals surface area contributed by atoms with Gasteiger partial charge in [0.05, 0.1) is 23.5 Å². The molecule has 1 aliphatic rings. The Labute approximate surface area is 171 Å². The van der Waals surface area contributed by atoms with Gasteiger partial charge in [0.25, 0.3) is 5.91 Å². The third-order valence-electron chi connectivity index (χ3n) is 5.40. The summed E-state index contributed by atoms with van der Waals surface area (Å²) in [6.45, 7) is 7.70. The normalized spacial score (nSPS) is 15.2. The Kier molecular flexibility index (Phi) is 6.59. The first-order valence-corrected chi connectivity index (χ1v) is 10.1. The largest absolute Gasteiger partial charge is 0.462 e. The van der Waals surface area contributed by atoms with Gasteiger partial charge in [-0.15, -0.1) is 0 Å². The second-order valence-electron chi connectivity index (χ2n) is 7.57. The minimum absolute atomic E-state index is 0.279. The van der Waals surface area contributed by atoms with E-state index in [1.54, 1.807) is 20.8 Å². The van der Waals surface area contributed by atoms with Gasteiger partial charge in [-0.1, -0.05) is 12.1 Å². The average molecular weight is 399 g/mol. The number of H-pyrrole nitrogens is 1. The zero-order chi connectivity index (χ0) is 21.0. The zero-order valence-corrected chi connectivity index (χ0v) is 17.6. The van der Waals surface area contributed by atoms with Crippen molar-refractivity contribution in [3.8, 4) is 0 Å². The molecule has 1 fully saturated rings. The van der Waals surface area contributed by atoms with Gasteiger partial charge >= 0.3 is 5.97 Å². The Balaban J connectivity index is 1.76. The van der Waals surface area contributed by atoms with E-state index in [1.165, 1.54) is 0 Å². The van der Waals surface area contributed by atoms with Gasteiger partial charge in [0.15, 0.2) is 0 Å². The SMILES string of the molecule is CCOC(=O)c1c(C)[nH]c(C(=O)Nc2ccccc2NC2CCN(C)CC2)c1C. The molecule has 3 N–H and O–H groups in total. The van der Waals surface area contributed by atoms with E-state index in [1.807, 2.05) is 24.3 Å².